The van der Waals surface area contributed by atoms with Crippen LogP contribution in [0.5, 0.6) is 0 Å². The molecule has 2 aromatic carbocycles. The lowest BCUT2D eigenvalue weighted by Gasteiger charge is -2.22. The third-order valence-corrected chi connectivity index (χ3v) is 9.82. The number of allylic oxidation sites excluding steroid dienone is 2. The van der Waals surface area contributed by atoms with Crippen LogP contribution in [-0.4, -0.2) is 25.9 Å². The highest BCUT2D eigenvalue weighted by molar-refractivity contribution is 9.10. The van der Waals surface area contributed by atoms with Gasteiger partial charge in [0, 0.05) is 31.9 Å². The minimum absolute atomic E-state index is 0.116. The summed E-state index contributed by atoms with van der Waals surface area (Å²) in [5, 5.41) is 0. The van der Waals surface area contributed by atoms with Crippen LogP contribution in [0, 0.1) is 13.8 Å². The molecule has 0 aromatic heterocycles. The van der Waals surface area contributed by atoms with Gasteiger partial charge >= 0.3 is 0 Å². The molecule has 33 heavy (non-hydrogen) atoms. The van der Waals surface area contributed by atoms with Crippen molar-refractivity contribution in [3.8, 4) is 0 Å². The third-order valence-electron chi connectivity index (χ3n) is 6.48. The number of rotatable bonds is 4. The minimum atomic E-state index is -4.49. The fourth-order valence-corrected chi connectivity index (χ4v) is 9.16. The fourth-order valence-electron chi connectivity index (χ4n) is 5.25. The highest BCUT2D eigenvalue weighted by Crippen LogP contribution is 2.55. The van der Waals surface area contributed by atoms with Crippen LogP contribution in [0.1, 0.15) is 65.5 Å². The number of benzene rings is 2. The summed E-state index contributed by atoms with van der Waals surface area (Å²) in [7, 11) is -8.99. The summed E-state index contributed by atoms with van der Waals surface area (Å²) in [6.45, 7) is 7.16. The molecule has 2 aliphatic carbocycles. The first-order valence-corrected chi connectivity index (χ1v) is 14.6. The van der Waals surface area contributed by atoms with Crippen molar-refractivity contribution in [3.63, 3.8) is 0 Å². The number of aryl methyl sites for hydroxylation is 2. The van der Waals surface area contributed by atoms with Gasteiger partial charge in [-0.3, -0.25) is 9.11 Å². The molecule has 0 bridgehead atoms. The summed E-state index contributed by atoms with van der Waals surface area (Å²) in [5.41, 5.74) is 5.23. The Morgan fingerprint density at radius 1 is 0.697 bits per heavy atom. The monoisotopic (exact) mass is 616 g/mol. The number of hydrogen-bond acceptors (Lipinski definition) is 4. The van der Waals surface area contributed by atoms with Gasteiger partial charge in [0.15, 0.2) is 0 Å². The second-order valence-electron chi connectivity index (χ2n) is 8.74. The van der Waals surface area contributed by atoms with E-state index < -0.39 is 20.2 Å². The zero-order valence-electron chi connectivity index (χ0n) is 18.3. The van der Waals surface area contributed by atoms with Gasteiger partial charge in [-0.15, -0.1) is 0 Å². The highest BCUT2D eigenvalue weighted by atomic mass is 79.9. The van der Waals surface area contributed by atoms with Crippen LogP contribution in [0.15, 0.2) is 44.4 Å². The van der Waals surface area contributed by atoms with Crippen molar-refractivity contribution in [2.75, 3.05) is 0 Å². The topological polar surface area (TPSA) is 109 Å². The molecule has 2 unspecified atom stereocenters. The van der Waals surface area contributed by atoms with Crippen LogP contribution < -0.4 is 0 Å². The van der Waals surface area contributed by atoms with Crippen molar-refractivity contribution in [3.05, 3.63) is 77.7 Å². The minimum Gasteiger partial charge on any atom is -0.282 e. The highest BCUT2D eigenvalue weighted by Gasteiger charge is 2.42. The second kappa shape index (κ2) is 8.13. The number of fused-ring (bicyclic) bond motifs is 2. The van der Waals surface area contributed by atoms with Gasteiger partial charge in [-0.25, -0.2) is 0 Å². The SMILES string of the molecule is CC1=C(S(=O)(=O)O)c2c(Br)cc(C)cc2C1CC1C(C)=C(S(=O)(=O)O)c2c(Br)cc(C)cc21. The van der Waals surface area contributed by atoms with Crippen LogP contribution >= 0.6 is 31.9 Å². The number of halogens is 2. The maximum atomic E-state index is 12.3. The summed E-state index contributed by atoms with van der Waals surface area (Å²) in [5.74, 6) is -0.748. The van der Waals surface area contributed by atoms with E-state index in [4.69, 9.17) is 0 Å². The zero-order valence-corrected chi connectivity index (χ0v) is 23.1. The molecule has 0 fully saturated rings. The van der Waals surface area contributed by atoms with Gasteiger partial charge in [-0.05, 0) is 79.6 Å². The predicted octanol–water partition coefficient (Wildman–Crippen LogP) is 6.35. The molecule has 0 saturated carbocycles. The Morgan fingerprint density at radius 2 is 1.03 bits per heavy atom. The summed E-state index contributed by atoms with van der Waals surface area (Å²) in [4.78, 5) is -0.232. The Balaban J connectivity index is 1.95. The van der Waals surface area contributed by atoms with Crippen LogP contribution in [0.25, 0.3) is 9.81 Å². The van der Waals surface area contributed by atoms with Gasteiger partial charge in [0.1, 0.15) is 9.81 Å². The largest absolute Gasteiger partial charge is 0.295 e. The van der Waals surface area contributed by atoms with Gasteiger partial charge in [0.2, 0.25) is 0 Å². The lowest BCUT2D eigenvalue weighted by atomic mass is 9.81. The van der Waals surface area contributed by atoms with E-state index in [0.29, 0.717) is 37.6 Å². The van der Waals surface area contributed by atoms with E-state index in [9.17, 15) is 25.9 Å². The molecule has 6 nitrogen and oxygen atoms in total. The van der Waals surface area contributed by atoms with E-state index in [-0.39, 0.29) is 21.6 Å². The summed E-state index contributed by atoms with van der Waals surface area (Å²) >= 11 is 6.91. The molecular formula is C23H22Br2O6S2. The van der Waals surface area contributed by atoms with Crippen LogP contribution in [0.2, 0.25) is 0 Å². The molecule has 0 aliphatic heterocycles. The van der Waals surface area contributed by atoms with Crippen molar-refractivity contribution in [2.45, 2.75) is 46.0 Å². The lowest BCUT2D eigenvalue weighted by Crippen LogP contribution is -2.07. The van der Waals surface area contributed by atoms with Crippen molar-refractivity contribution in [1.82, 2.24) is 0 Å². The van der Waals surface area contributed by atoms with E-state index in [1.165, 1.54) is 0 Å². The van der Waals surface area contributed by atoms with E-state index in [1.54, 1.807) is 26.0 Å². The average Bonchev–Trinajstić information content (AvgIpc) is 3.08. The maximum absolute atomic E-state index is 12.3. The van der Waals surface area contributed by atoms with Gasteiger partial charge in [0.25, 0.3) is 20.2 Å². The first kappa shape index (κ1) is 24.8. The first-order valence-electron chi connectivity index (χ1n) is 10.1. The van der Waals surface area contributed by atoms with E-state index in [2.05, 4.69) is 31.9 Å². The molecule has 176 valence electrons. The Bertz CT molecular complexity index is 1390. The van der Waals surface area contributed by atoms with E-state index in [1.807, 2.05) is 26.0 Å². The molecule has 2 N–H and O–H groups in total. The Labute approximate surface area is 210 Å². The van der Waals surface area contributed by atoms with E-state index in [0.717, 1.165) is 22.3 Å². The molecule has 10 heteroatoms. The summed E-state index contributed by atoms with van der Waals surface area (Å²) < 4.78 is 70.4. The zero-order chi connectivity index (χ0) is 24.6. The molecule has 0 spiro atoms. The lowest BCUT2D eigenvalue weighted by molar-refractivity contribution is 0.494. The molecular weight excluding hydrogens is 596 g/mol. The van der Waals surface area contributed by atoms with Gasteiger partial charge in [-0.2, -0.15) is 16.8 Å². The predicted molar refractivity (Wildman–Crippen MR) is 136 cm³/mol. The Kier molecular flexibility index (Phi) is 6.12. The van der Waals surface area contributed by atoms with Crippen molar-refractivity contribution < 1.29 is 25.9 Å². The average molecular weight is 618 g/mol. The normalized spacial score (nSPS) is 20.5. The number of hydrogen-bond donors (Lipinski definition) is 2. The molecule has 2 atom stereocenters. The Hall–Kier alpha value is -1.30. The quantitative estimate of drug-likeness (QED) is 0.387. The molecule has 0 amide bonds. The maximum Gasteiger partial charge on any atom is 0.295 e. The second-order valence-corrected chi connectivity index (χ2v) is 13.2. The fraction of sp³-hybridized carbons (Fsp3) is 0.304. The van der Waals surface area contributed by atoms with E-state index >= 15 is 0 Å². The molecule has 0 saturated heterocycles. The molecule has 4 rings (SSSR count). The van der Waals surface area contributed by atoms with Gasteiger partial charge < -0.3 is 0 Å². The summed E-state index contributed by atoms with van der Waals surface area (Å²) in [6.07, 6.45) is 0.376. The third kappa shape index (κ3) is 4.08. The van der Waals surface area contributed by atoms with Crippen molar-refractivity contribution >= 4 is 61.9 Å². The van der Waals surface area contributed by atoms with Crippen molar-refractivity contribution in [2.24, 2.45) is 0 Å². The molecule has 0 heterocycles. The summed E-state index contributed by atoms with van der Waals surface area (Å²) in [6, 6.07) is 7.40. The van der Waals surface area contributed by atoms with Crippen molar-refractivity contribution in [1.29, 1.82) is 0 Å². The smallest absolute Gasteiger partial charge is 0.282 e. The molecule has 2 aliphatic rings. The Morgan fingerprint density at radius 3 is 1.33 bits per heavy atom. The molecule has 2 aromatic rings. The van der Waals surface area contributed by atoms with Gasteiger partial charge in [-0.1, -0.05) is 44.0 Å². The van der Waals surface area contributed by atoms with Crippen LogP contribution in [-0.2, 0) is 20.2 Å². The molecule has 0 radical (unpaired) electrons. The standard InChI is InChI=1S/C23H22Br2O6S2/c1-10-5-16-14(12(3)22(32(26,27)28)20(16)18(24)7-10)9-15-13(4)23(33(29,30)31)21-17(15)6-11(2)8-19(21)25/h5-8,14-15H,9H2,1-4H3,(H,26,27,28)(H,29,30,31). The van der Waals surface area contributed by atoms with Crippen LogP contribution in [0.3, 0.4) is 0 Å². The van der Waals surface area contributed by atoms with Crippen LogP contribution in [0.4, 0.5) is 0 Å². The van der Waals surface area contributed by atoms with Gasteiger partial charge in [0.05, 0.1) is 0 Å². The first-order chi connectivity index (χ1) is 15.1.